The third-order valence-electron chi connectivity index (χ3n) is 4.69. The van der Waals surface area contributed by atoms with E-state index in [-0.39, 0.29) is 0 Å². The van der Waals surface area contributed by atoms with E-state index < -0.39 is 0 Å². The second-order valence-corrected chi connectivity index (χ2v) is 7.03. The van der Waals surface area contributed by atoms with E-state index in [4.69, 9.17) is 0 Å². The van der Waals surface area contributed by atoms with Gasteiger partial charge in [0, 0.05) is 5.54 Å². The average molecular weight is 238 g/mol. The maximum absolute atomic E-state index is 3.47. The summed E-state index contributed by atoms with van der Waals surface area (Å²) >= 11 is 0. The van der Waals surface area contributed by atoms with Crippen molar-refractivity contribution in [2.45, 2.75) is 58.4 Å². The molecule has 0 aromatic carbocycles. The van der Waals surface area contributed by atoms with Crippen LogP contribution in [0.5, 0.6) is 0 Å². The molecule has 0 saturated carbocycles. The van der Waals surface area contributed by atoms with Crippen molar-refractivity contribution in [2.24, 2.45) is 11.8 Å². The van der Waals surface area contributed by atoms with Gasteiger partial charge >= 0.3 is 0 Å². The minimum Gasteiger partial charge on any atom is -0.317 e. The molecule has 2 fully saturated rings. The minimum absolute atomic E-state index is 0.375. The van der Waals surface area contributed by atoms with Crippen LogP contribution in [0.3, 0.4) is 0 Å². The molecule has 0 bridgehead atoms. The Morgan fingerprint density at radius 3 is 2.00 bits per heavy atom. The van der Waals surface area contributed by atoms with Crippen LogP contribution in [-0.4, -0.2) is 36.6 Å². The third kappa shape index (κ3) is 3.96. The van der Waals surface area contributed by atoms with Gasteiger partial charge in [0.15, 0.2) is 0 Å². The summed E-state index contributed by atoms with van der Waals surface area (Å²) in [5.41, 5.74) is 0.375. The smallest absolute Gasteiger partial charge is 0.0125 e. The Kier molecular flexibility index (Phi) is 4.48. The normalized spacial score (nSPS) is 26.3. The van der Waals surface area contributed by atoms with E-state index in [2.05, 4.69) is 31.0 Å². The number of nitrogens with zero attached hydrogens (tertiary/aromatic N) is 1. The van der Waals surface area contributed by atoms with Crippen molar-refractivity contribution in [3.63, 3.8) is 0 Å². The van der Waals surface area contributed by atoms with E-state index in [1.807, 2.05) is 0 Å². The first-order valence-corrected chi connectivity index (χ1v) is 7.51. The SMILES string of the molecule is CC(C)(C)N1CCC(CC2CCNCC2)CC1. The summed E-state index contributed by atoms with van der Waals surface area (Å²) in [6.45, 7) is 12.2. The van der Waals surface area contributed by atoms with E-state index in [0.29, 0.717) is 5.54 Å². The van der Waals surface area contributed by atoms with Crippen molar-refractivity contribution in [3.8, 4) is 0 Å². The van der Waals surface area contributed by atoms with Crippen molar-refractivity contribution >= 4 is 0 Å². The molecule has 2 rings (SSSR count). The molecule has 2 saturated heterocycles. The van der Waals surface area contributed by atoms with E-state index in [9.17, 15) is 0 Å². The maximum atomic E-state index is 3.47. The highest BCUT2D eigenvalue weighted by Crippen LogP contribution is 2.30. The summed E-state index contributed by atoms with van der Waals surface area (Å²) in [5, 5.41) is 3.47. The highest BCUT2D eigenvalue weighted by atomic mass is 15.2. The molecule has 0 aliphatic carbocycles. The first-order chi connectivity index (χ1) is 8.05. The monoisotopic (exact) mass is 238 g/mol. The molecule has 0 aromatic rings. The fourth-order valence-electron chi connectivity index (χ4n) is 3.43. The standard InChI is InChI=1S/C15H30N2/c1-15(2,3)17-10-6-14(7-11-17)12-13-4-8-16-9-5-13/h13-14,16H,4-12H2,1-3H3. The van der Waals surface area contributed by atoms with Crippen LogP contribution in [0.4, 0.5) is 0 Å². The Hall–Kier alpha value is -0.0800. The van der Waals surface area contributed by atoms with E-state index in [0.717, 1.165) is 11.8 Å². The van der Waals surface area contributed by atoms with Gasteiger partial charge in [0.2, 0.25) is 0 Å². The van der Waals surface area contributed by atoms with Gasteiger partial charge < -0.3 is 5.32 Å². The van der Waals surface area contributed by atoms with Crippen LogP contribution in [0, 0.1) is 11.8 Å². The van der Waals surface area contributed by atoms with Crippen molar-refractivity contribution in [2.75, 3.05) is 26.2 Å². The molecule has 100 valence electrons. The average Bonchev–Trinajstić information content (AvgIpc) is 2.30. The predicted octanol–water partition coefficient (Wildman–Crippen LogP) is 2.89. The summed E-state index contributed by atoms with van der Waals surface area (Å²) < 4.78 is 0. The van der Waals surface area contributed by atoms with Crippen LogP contribution in [0.25, 0.3) is 0 Å². The molecule has 17 heavy (non-hydrogen) atoms. The van der Waals surface area contributed by atoms with Crippen LogP contribution in [0.1, 0.15) is 52.9 Å². The molecule has 0 atom stereocenters. The second-order valence-electron chi connectivity index (χ2n) is 7.03. The molecule has 2 heterocycles. The summed E-state index contributed by atoms with van der Waals surface area (Å²) in [6, 6.07) is 0. The Bertz CT molecular complexity index is 218. The molecular weight excluding hydrogens is 208 g/mol. The fourth-order valence-corrected chi connectivity index (χ4v) is 3.43. The molecule has 0 amide bonds. The van der Waals surface area contributed by atoms with E-state index in [1.165, 1.54) is 58.3 Å². The Balaban J connectivity index is 1.71. The molecule has 1 N–H and O–H groups in total. The first kappa shape index (κ1) is 13.4. The number of piperidine rings is 2. The van der Waals surface area contributed by atoms with Gasteiger partial charge in [-0.05, 0) is 90.9 Å². The maximum Gasteiger partial charge on any atom is 0.0125 e. The molecule has 2 nitrogen and oxygen atoms in total. The van der Waals surface area contributed by atoms with Gasteiger partial charge in [-0.1, -0.05) is 0 Å². The Morgan fingerprint density at radius 2 is 1.47 bits per heavy atom. The van der Waals surface area contributed by atoms with Gasteiger partial charge in [-0.15, -0.1) is 0 Å². The highest BCUT2D eigenvalue weighted by Gasteiger charge is 2.28. The lowest BCUT2D eigenvalue weighted by molar-refractivity contribution is 0.0788. The topological polar surface area (TPSA) is 15.3 Å². The van der Waals surface area contributed by atoms with Crippen molar-refractivity contribution in [1.29, 1.82) is 0 Å². The highest BCUT2D eigenvalue weighted by molar-refractivity contribution is 4.83. The Morgan fingerprint density at radius 1 is 0.941 bits per heavy atom. The number of nitrogens with one attached hydrogen (secondary N) is 1. The molecule has 2 aliphatic rings. The first-order valence-electron chi connectivity index (χ1n) is 7.51. The summed E-state index contributed by atoms with van der Waals surface area (Å²) in [4.78, 5) is 2.66. The van der Waals surface area contributed by atoms with Crippen molar-refractivity contribution < 1.29 is 0 Å². The lowest BCUT2D eigenvalue weighted by atomic mass is 9.82. The fraction of sp³-hybridized carbons (Fsp3) is 1.00. The predicted molar refractivity (Wildman–Crippen MR) is 74.3 cm³/mol. The largest absolute Gasteiger partial charge is 0.317 e. The summed E-state index contributed by atoms with van der Waals surface area (Å²) in [5.74, 6) is 2.03. The van der Waals surface area contributed by atoms with Crippen LogP contribution >= 0.6 is 0 Å². The minimum atomic E-state index is 0.375. The van der Waals surface area contributed by atoms with Gasteiger partial charge in [-0.25, -0.2) is 0 Å². The lowest BCUT2D eigenvalue weighted by Crippen LogP contribution is -2.46. The second kappa shape index (κ2) is 5.71. The summed E-state index contributed by atoms with van der Waals surface area (Å²) in [6.07, 6.45) is 7.20. The molecule has 0 spiro atoms. The van der Waals surface area contributed by atoms with Gasteiger partial charge in [0.25, 0.3) is 0 Å². The zero-order valence-corrected chi connectivity index (χ0v) is 12.0. The number of hydrogen-bond acceptors (Lipinski definition) is 2. The quantitative estimate of drug-likeness (QED) is 0.796. The zero-order chi connectivity index (χ0) is 12.3. The van der Waals surface area contributed by atoms with Crippen LogP contribution < -0.4 is 5.32 Å². The molecule has 0 aromatic heterocycles. The summed E-state index contributed by atoms with van der Waals surface area (Å²) in [7, 11) is 0. The van der Waals surface area contributed by atoms with Gasteiger partial charge in [0.1, 0.15) is 0 Å². The van der Waals surface area contributed by atoms with E-state index in [1.54, 1.807) is 0 Å². The number of likely N-dealkylation sites (tertiary alicyclic amines) is 1. The number of rotatable bonds is 2. The third-order valence-corrected chi connectivity index (χ3v) is 4.69. The van der Waals surface area contributed by atoms with Gasteiger partial charge in [-0.3, -0.25) is 4.90 Å². The molecule has 2 aliphatic heterocycles. The van der Waals surface area contributed by atoms with Crippen molar-refractivity contribution in [3.05, 3.63) is 0 Å². The van der Waals surface area contributed by atoms with Crippen molar-refractivity contribution in [1.82, 2.24) is 10.2 Å². The molecule has 0 radical (unpaired) electrons. The molecule has 0 unspecified atom stereocenters. The molecular formula is C15H30N2. The molecule has 2 heteroatoms. The van der Waals surface area contributed by atoms with Gasteiger partial charge in [0.05, 0.1) is 0 Å². The van der Waals surface area contributed by atoms with Gasteiger partial charge in [-0.2, -0.15) is 0 Å². The van der Waals surface area contributed by atoms with E-state index >= 15 is 0 Å². The lowest BCUT2D eigenvalue weighted by Gasteiger charge is -2.41. The number of hydrogen-bond donors (Lipinski definition) is 1. The van der Waals surface area contributed by atoms with Crippen LogP contribution in [0.15, 0.2) is 0 Å². The van der Waals surface area contributed by atoms with Crippen LogP contribution in [0.2, 0.25) is 0 Å². The van der Waals surface area contributed by atoms with Crippen LogP contribution in [-0.2, 0) is 0 Å². The zero-order valence-electron chi connectivity index (χ0n) is 12.0. The Labute approximate surface area is 107 Å².